The lowest BCUT2D eigenvalue weighted by Crippen LogP contribution is -2.55. The number of methoxy groups -OCH3 is 1. The Kier molecular flexibility index (Phi) is 9.21. The highest BCUT2D eigenvalue weighted by Gasteiger charge is 2.35. The molecule has 206 valence electrons. The van der Waals surface area contributed by atoms with Crippen molar-refractivity contribution in [2.24, 2.45) is 0 Å². The normalized spacial score (nSPS) is 16.6. The topological polar surface area (TPSA) is 108 Å². The number of urea groups is 1. The number of rotatable bonds is 9. The maximum atomic E-state index is 13.5. The molecule has 1 saturated heterocycles. The first-order chi connectivity index (χ1) is 18.8. The Morgan fingerprint density at radius 1 is 0.974 bits per heavy atom. The van der Waals surface area contributed by atoms with Gasteiger partial charge in [-0.25, -0.2) is 9.52 Å². The van der Waals surface area contributed by atoms with Crippen LogP contribution in [-0.4, -0.2) is 51.4 Å². The fourth-order valence-corrected chi connectivity index (χ4v) is 6.12. The molecule has 10 heteroatoms. The number of nitrogens with zero attached hydrogens (tertiary/aromatic N) is 2. The first-order valence-electron chi connectivity index (χ1n) is 12.9. The number of likely N-dealkylation sites (N-methyl/N-ethyl adjacent to an activating group) is 1. The maximum absolute atomic E-state index is 13.5. The first-order valence-corrected chi connectivity index (χ1v) is 14.3. The summed E-state index contributed by atoms with van der Waals surface area (Å²) < 4.78 is 35.4. The second-order valence-electron chi connectivity index (χ2n) is 9.45. The summed E-state index contributed by atoms with van der Waals surface area (Å²) in [5, 5.41) is 2.62. The van der Waals surface area contributed by atoms with Crippen LogP contribution in [0, 0.1) is 0 Å². The van der Waals surface area contributed by atoms with Crippen LogP contribution in [-0.2, 0) is 21.4 Å². The molecule has 0 spiro atoms. The number of hydrogen-bond acceptors (Lipinski definition) is 5. The Morgan fingerprint density at radius 2 is 1.62 bits per heavy atom. The Balaban J connectivity index is 1.51. The van der Waals surface area contributed by atoms with Gasteiger partial charge in [0.1, 0.15) is 11.8 Å². The fourth-order valence-electron chi connectivity index (χ4n) is 4.78. The van der Waals surface area contributed by atoms with E-state index in [2.05, 4.69) is 10.0 Å². The van der Waals surface area contributed by atoms with E-state index in [0.717, 1.165) is 17.5 Å². The lowest BCUT2D eigenvalue weighted by molar-refractivity contribution is -0.120. The van der Waals surface area contributed by atoms with E-state index in [4.69, 9.17) is 4.74 Å². The summed E-state index contributed by atoms with van der Waals surface area (Å²) in [5.74, 6) is 0.256. The number of anilines is 1. The molecule has 1 aliphatic rings. The molecule has 39 heavy (non-hydrogen) atoms. The van der Waals surface area contributed by atoms with Crippen molar-refractivity contribution in [2.75, 3.05) is 25.6 Å². The van der Waals surface area contributed by atoms with Crippen molar-refractivity contribution in [1.82, 2.24) is 14.3 Å². The van der Waals surface area contributed by atoms with Crippen molar-refractivity contribution in [1.29, 1.82) is 0 Å². The summed E-state index contributed by atoms with van der Waals surface area (Å²) in [6, 6.07) is 23.3. The Labute approximate surface area is 230 Å². The lowest BCUT2D eigenvalue weighted by atomic mass is 9.98. The van der Waals surface area contributed by atoms with Crippen molar-refractivity contribution in [3.05, 3.63) is 96.1 Å². The van der Waals surface area contributed by atoms with Crippen molar-refractivity contribution < 1.29 is 22.7 Å². The van der Waals surface area contributed by atoms with Crippen LogP contribution in [0.1, 0.15) is 36.4 Å². The van der Waals surface area contributed by atoms with Crippen molar-refractivity contribution in [3.63, 3.8) is 0 Å². The van der Waals surface area contributed by atoms with Gasteiger partial charge in [0, 0.05) is 25.7 Å². The van der Waals surface area contributed by atoms with Crippen LogP contribution in [0.3, 0.4) is 0 Å². The molecule has 2 unspecified atom stereocenters. The number of amides is 3. The molecular weight excluding hydrogens is 516 g/mol. The minimum Gasteiger partial charge on any atom is -0.497 e. The smallest absolute Gasteiger partial charge is 0.330 e. The molecule has 3 amide bonds. The summed E-state index contributed by atoms with van der Waals surface area (Å²) in [6.07, 6.45) is 2.44. The van der Waals surface area contributed by atoms with Gasteiger partial charge in [-0.1, -0.05) is 67.1 Å². The number of nitrogens with one attached hydrogen (secondary N) is 2. The summed E-state index contributed by atoms with van der Waals surface area (Å²) >= 11 is 0. The number of piperidine rings is 1. The van der Waals surface area contributed by atoms with Crippen LogP contribution < -0.4 is 19.7 Å². The largest absolute Gasteiger partial charge is 0.497 e. The molecule has 0 saturated carbocycles. The van der Waals surface area contributed by atoms with Gasteiger partial charge in [0.2, 0.25) is 5.91 Å². The highest BCUT2D eigenvalue weighted by molar-refractivity contribution is 7.87. The second-order valence-corrected chi connectivity index (χ2v) is 11.1. The van der Waals surface area contributed by atoms with Crippen LogP contribution in [0.4, 0.5) is 10.5 Å². The summed E-state index contributed by atoms with van der Waals surface area (Å²) in [5.41, 5.74) is 2.30. The third kappa shape index (κ3) is 7.15. The van der Waals surface area contributed by atoms with E-state index in [-0.39, 0.29) is 12.5 Å². The van der Waals surface area contributed by atoms with E-state index < -0.39 is 28.2 Å². The number of benzene rings is 3. The van der Waals surface area contributed by atoms with Crippen LogP contribution in [0.15, 0.2) is 84.9 Å². The Morgan fingerprint density at radius 3 is 2.26 bits per heavy atom. The second kappa shape index (κ2) is 12.8. The third-order valence-electron chi connectivity index (χ3n) is 6.84. The van der Waals surface area contributed by atoms with Crippen LogP contribution in [0.5, 0.6) is 5.75 Å². The van der Waals surface area contributed by atoms with E-state index in [1.807, 2.05) is 60.7 Å². The van der Waals surface area contributed by atoms with Gasteiger partial charge in [-0.05, 0) is 48.2 Å². The van der Waals surface area contributed by atoms with Gasteiger partial charge in [-0.3, -0.25) is 4.79 Å². The number of carbonyl (C=O) groups is 2. The average molecular weight is 551 g/mol. The number of hydrogen-bond donors (Lipinski definition) is 2. The standard InChI is InChI=1S/C29H34N4O5S/c1-32(24-16-18-25(38-2)19-17-24)28(34)26(21-22-11-5-3-6-12-22)30-29(35)31-39(36,37)33-20-10-9-15-27(33)23-13-7-4-8-14-23/h3-8,11-14,16-19,26-27H,9-10,15,20-21H2,1-2H3,(H2,30,31,35). The lowest BCUT2D eigenvalue weighted by Gasteiger charge is -2.35. The van der Waals surface area contributed by atoms with Gasteiger partial charge in [0.15, 0.2) is 0 Å². The van der Waals surface area contributed by atoms with Crippen molar-refractivity contribution in [2.45, 2.75) is 37.8 Å². The van der Waals surface area contributed by atoms with Gasteiger partial charge in [-0.15, -0.1) is 0 Å². The van der Waals surface area contributed by atoms with E-state index in [1.165, 1.54) is 9.21 Å². The SMILES string of the molecule is COc1ccc(N(C)C(=O)C(Cc2ccccc2)NC(=O)NS(=O)(=O)N2CCCCC2c2ccccc2)cc1. The molecule has 4 rings (SSSR count). The molecule has 0 bridgehead atoms. The van der Waals surface area contributed by atoms with Crippen LogP contribution in [0.25, 0.3) is 0 Å². The average Bonchev–Trinajstić information content (AvgIpc) is 2.97. The van der Waals surface area contributed by atoms with Crippen molar-refractivity contribution in [3.8, 4) is 5.75 Å². The van der Waals surface area contributed by atoms with Crippen molar-refractivity contribution >= 4 is 27.8 Å². The van der Waals surface area contributed by atoms with Gasteiger partial charge < -0.3 is 15.0 Å². The molecule has 9 nitrogen and oxygen atoms in total. The molecule has 1 fully saturated rings. The van der Waals surface area contributed by atoms with Gasteiger partial charge in [0.05, 0.1) is 13.2 Å². The molecule has 2 N–H and O–H groups in total. The maximum Gasteiger partial charge on any atom is 0.330 e. The molecule has 0 aromatic heterocycles. The first kappa shape index (κ1) is 28.1. The highest BCUT2D eigenvalue weighted by atomic mass is 32.2. The molecule has 1 heterocycles. The van der Waals surface area contributed by atoms with Gasteiger partial charge in [0.25, 0.3) is 0 Å². The molecule has 3 aromatic carbocycles. The highest BCUT2D eigenvalue weighted by Crippen LogP contribution is 2.32. The summed E-state index contributed by atoms with van der Waals surface area (Å²) in [6.45, 7) is 0.300. The van der Waals surface area contributed by atoms with Gasteiger partial charge >= 0.3 is 16.2 Å². The quantitative estimate of drug-likeness (QED) is 0.418. The minimum absolute atomic E-state index is 0.185. The summed E-state index contributed by atoms with van der Waals surface area (Å²) in [7, 11) is -1.01. The Bertz CT molecular complexity index is 1350. The van der Waals surface area contributed by atoms with Gasteiger partial charge in [-0.2, -0.15) is 12.7 Å². The zero-order valence-electron chi connectivity index (χ0n) is 22.1. The number of ether oxygens (including phenoxy) is 1. The molecule has 0 radical (unpaired) electrons. The van der Waals surface area contributed by atoms with E-state index in [0.29, 0.717) is 30.8 Å². The van der Waals surface area contributed by atoms with Crippen LogP contribution in [0.2, 0.25) is 0 Å². The van der Waals surface area contributed by atoms with Crippen LogP contribution >= 0.6 is 0 Å². The monoisotopic (exact) mass is 550 g/mol. The van der Waals surface area contributed by atoms with E-state index >= 15 is 0 Å². The predicted molar refractivity (Wildman–Crippen MR) is 151 cm³/mol. The zero-order valence-corrected chi connectivity index (χ0v) is 22.9. The number of carbonyl (C=O) groups excluding carboxylic acids is 2. The predicted octanol–water partition coefficient (Wildman–Crippen LogP) is 4.04. The van der Waals surface area contributed by atoms with E-state index in [9.17, 15) is 18.0 Å². The molecule has 1 aliphatic heterocycles. The van der Waals surface area contributed by atoms with E-state index in [1.54, 1.807) is 38.4 Å². The molecule has 2 atom stereocenters. The Hall–Kier alpha value is -3.89. The fraction of sp³-hybridized carbons (Fsp3) is 0.310. The molecule has 0 aliphatic carbocycles. The molecule has 3 aromatic rings. The molecular formula is C29H34N4O5S. The minimum atomic E-state index is -4.17. The third-order valence-corrected chi connectivity index (χ3v) is 8.34. The zero-order chi connectivity index (χ0) is 27.8. The summed E-state index contributed by atoms with van der Waals surface area (Å²) in [4.78, 5) is 28.0.